The number of benzene rings is 1. The highest BCUT2D eigenvalue weighted by Gasteiger charge is 2.19. The van der Waals surface area contributed by atoms with Crippen LogP contribution in [0, 0.1) is 0 Å². The van der Waals surface area contributed by atoms with E-state index in [-0.39, 0.29) is 11.8 Å². The summed E-state index contributed by atoms with van der Waals surface area (Å²) < 4.78 is 0. The Bertz CT molecular complexity index is 748. The summed E-state index contributed by atoms with van der Waals surface area (Å²) in [5.41, 5.74) is 1.68. The normalized spacial score (nSPS) is 15.5. The van der Waals surface area contributed by atoms with Crippen LogP contribution in [0.1, 0.15) is 27.1 Å². The second-order valence-corrected chi connectivity index (χ2v) is 6.23. The lowest BCUT2D eigenvalue weighted by atomic mass is 10.1. The smallest absolute Gasteiger partial charge is 0.257 e. The van der Waals surface area contributed by atoms with Gasteiger partial charge in [0.05, 0.1) is 5.56 Å². The van der Waals surface area contributed by atoms with Gasteiger partial charge in [0.25, 0.3) is 11.8 Å². The van der Waals surface area contributed by atoms with Crippen molar-refractivity contribution < 1.29 is 9.59 Å². The standard InChI is InChI=1S/C19H22N4O2/c1-22-9-4-10-23(12-11-22)19(25)15-5-2-7-17(13-15)21-18(24)16-6-3-8-20-14-16/h2-3,5-8,13-14H,4,9-12H2,1H3,(H,21,24). The van der Waals surface area contributed by atoms with Gasteiger partial charge in [0, 0.05) is 43.3 Å². The van der Waals surface area contributed by atoms with Crippen LogP contribution in [0.3, 0.4) is 0 Å². The van der Waals surface area contributed by atoms with Crippen molar-refractivity contribution in [3.8, 4) is 0 Å². The van der Waals surface area contributed by atoms with E-state index in [1.54, 1.807) is 42.6 Å². The van der Waals surface area contributed by atoms with E-state index >= 15 is 0 Å². The molecule has 6 nitrogen and oxygen atoms in total. The van der Waals surface area contributed by atoms with Crippen LogP contribution in [0.4, 0.5) is 5.69 Å². The second kappa shape index (κ2) is 7.90. The molecule has 130 valence electrons. The molecule has 2 amide bonds. The van der Waals surface area contributed by atoms with Crippen molar-refractivity contribution >= 4 is 17.5 Å². The van der Waals surface area contributed by atoms with Crippen molar-refractivity contribution in [1.29, 1.82) is 0 Å². The third-order valence-electron chi connectivity index (χ3n) is 4.30. The first-order chi connectivity index (χ1) is 12.1. The Labute approximate surface area is 147 Å². The first-order valence-corrected chi connectivity index (χ1v) is 8.43. The first kappa shape index (κ1) is 17.1. The van der Waals surface area contributed by atoms with Crippen LogP contribution in [0.5, 0.6) is 0 Å². The third kappa shape index (κ3) is 4.42. The molecular formula is C19H22N4O2. The molecule has 1 fully saturated rings. The number of likely N-dealkylation sites (N-methyl/N-ethyl adjacent to an activating group) is 1. The van der Waals surface area contributed by atoms with Gasteiger partial charge in [-0.2, -0.15) is 0 Å². The van der Waals surface area contributed by atoms with Crippen LogP contribution in [0.15, 0.2) is 48.8 Å². The van der Waals surface area contributed by atoms with Crippen LogP contribution in [-0.4, -0.2) is 59.8 Å². The number of carbonyl (C=O) groups excluding carboxylic acids is 2. The maximum atomic E-state index is 12.8. The Morgan fingerprint density at radius 2 is 1.88 bits per heavy atom. The first-order valence-electron chi connectivity index (χ1n) is 8.43. The monoisotopic (exact) mass is 338 g/mol. The van der Waals surface area contributed by atoms with E-state index in [0.29, 0.717) is 16.8 Å². The summed E-state index contributed by atoms with van der Waals surface area (Å²) in [5.74, 6) is -0.234. The number of pyridine rings is 1. The summed E-state index contributed by atoms with van der Waals surface area (Å²) in [6, 6.07) is 10.5. The number of amides is 2. The predicted octanol–water partition coefficient (Wildman–Crippen LogP) is 2.11. The van der Waals surface area contributed by atoms with Gasteiger partial charge in [-0.3, -0.25) is 14.6 Å². The van der Waals surface area contributed by atoms with Crippen LogP contribution in [0.2, 0.25) is 0 Å². The van der Waals surface area contributed by atoms with Crippen molar-refractivity contribution in [3.63, 3.8) is 0 Å². The van der Waals surface area contributed by atoms with E-state index < -0.39 is 0 Å². The SMILES string of the molecule is CN1CCCN(C(=O)c2cccc(NC(=O)c3cccnc3)c2)CC1. The van der Waals surface area contributed by atoms with Crippen LogP contribution < -0.4 is 5.32 Å². The minimum atomic E-state index is -0.242. The number of nitrogens with one attached hydrogen (secondary N) is 1. The molecule has 0 radical (unpaired) electrons. The molecule has 6 heteroatoms. The average Bonchev–Trinajstić information content (AvgIpc) is 2.86. The lowest BCUT2D eigenvalue weighted by Gasteiger charge is -2.21. The molecule has 1 N–H and O–H groups in total. The Hall–Kier alpha value is -2.73. The highest BCUT2D eigenvalue weighted by atomic mass is 16.2. The summed E-state index contributed by atoms with van der Waals surface area (Å²) in [4.78, 5) is 33.0. The number of nitrogens with zero attached hydrogens (tertiary/aromatic N) is 3. The Kier molecular flexibility index (Phi) is 5.40. The zero-order valence-electron chi connectivity index (χ0n) is 14.3. The highest BCUT2D eigenvalue weighted by molar-refractivity contribution is 6.04. The molecule has 0 spiro atoms. The van der Waals surface area contributed by atoms with Crippen molar-refractivity contribution in [2.45, 2.75) is 6.42 Å². The molecule has 2 aromatic rings. The molecule has 3 rings (SSSR count). The lowest BCUT2D eigenvalue weighted by Crippen LogP contribution is -2.34. The van der Waals surface area contributed by atoms with Crippen LogP contribution in [-0.2, 0) is 0 Å². The lowest BCUT2D eigenvalue weighted by molar-refractivity contribution is 0.0762. The molecule has 0 aliphatic carbocycles. The summed E-state index contributed by atoms with van der Waals surface area (Å²) in [6.45, 7) is 3.37. The second-order valence-electron chi connectivity index (χ2n) is 6.23. The minimum absolute atomic E-state index is 0.00720. The summed E-state index contributed by atoms with van der Waals surface area (Å²) in [7, 11) is 2.07. The molecular weight excluding hydrogens is 316 g/mol. The topological polar surface area (TPSA) is 65.5 Å². The molecule has 2 heterocycles. The summed E-state index contributed by atoms with van der Waals surface area (Å²) in [6.07, 6.45) is 4.10. The van der Waals surface area contributed by atoms with Crippen LogP contribution in [0.25, 0.3) is 0 Å². The van der Waals surface area contributed by atoms with Gasteiger partial charge >= 0.3 is 0 Å². The molecule has 1 aromatic carbocycles. The average molecular weight is 338 g/mol. The Morgan fingerprint density at radius 3 is 2.68 bits per heavy atom. The molecule has 0 unspecified atom stereocenters. The fourth-order valence-electron chi connectivity index (χ4n) is 2.86. The fraction of sp³-hybridized carbons (Fsp3) is 0.316. The zero-order chi connectivity index (χ0) is 17.6. The van der Waals surface area contributed by atoms with Crippen molar-refractivity contribution in [3.05, 3.63) is 59.9 Å². The molecule has 1 aliphatic heterocycles. The minimum Gasteiger partial charge on any atom is -0.337 e. The summed E-state index contributed by atoms with van der Waals surface area (Å²) >= 11 is 0. The molecule has 0 atom stereocenters. The molecule has 1 aliphatic rings. The van der Waals surface area contributed by atoms with Gasteiger partial charge in [0.1, 0.15) is 0 Å². The van der Waals surface area contributed by atoms with Crippen molar-refractivity contribution in [1.82, 2.24) is 14.8 Å². The van der Waals surface area contributed by atoms with E-state index in [1.807, 2.05) is 4.90 Å². The number of hydrogen-bond donors (Lipinski definition) is 1. The maximum Gasteiger partial charge on any atom is 0.257 e. The van der Waals surface area contributed by atoms with E-state index in [2.05, 4.69) is 22.2 Å². The fourth-order valence-corrected chi connectivity index (χ4v) is 2.86. The molecule has 1 aromatic heterocycles. The van der Waals surface area contributed by atoms with Gasteiger partial charge in [0.2, 0.25) is 0 Å². The largest absolute Gasteiger partial charge is 0.337 e. The van der Waals surface area contributed by atoms with Gasteiger partial charge < -0.3 is 15.1 Å². The van der Waals surface area contributed by atoms with E-state index in [0.717, 1.165) is 32.6 Å². The van der Waals surface area contributed by atoms with Gasteiger partial charge in [-0.05, 0) is 50.3 Å². The van der Waals surface area contributed by atoms with Crippen molar-refractivity contribution in [2.24, 2.45) is 0 Å². The van der Waals surface area contributed by atoms with E-state index in [9.17, 15) is 9.59 Å². The van der Waals surface area contributed by atoms with Gasteiger partial charge in [-0.15, -0.1) is 0 Å². The number of aromatic nitrogens is 1. The van der Waals surface area contributed by atoms with Gasteiger partial charge in [0.15, 0.2) is 0 Å². The van der Waals surface area contributed by atoms with Crippen LogP contribution >= 0.6 is 0 Å². The molecule has 0 bridgehead atoms. The van der Waals surface area contributed by atoms with E-state index in [4.69, 9.17) is 0 Å². The molecule has 1 saturated heterocycles. The van der Waals surface area contributed by atoms with E-state index in [1.165, 1.54) is 6.20 Å². The number of hydrogen-bond acceptors (Lipinski definition) is 4. The number of rotatable bonds is 3. The zero-order valence-corrected chi connectivity index (χ0v) is 14.3. The number of anilines is 1. The predicted molar refractivity (Wildman–Crippen MR) is 96.6 cm³/mol. The third-order valence-corrected chi connectivity index (χ3v) is 4.30. The van der Waals surface area contributed by atoms with Gasteiger partial charge in [-0.25, -0.2) is 0 Å². The Balaban J connectivity index is 1.70. The molecule has 0 saturated carbocycles. The maximum absolute atomic E-state index is 12.8. The Morgan fingerprint density at radius 1 is 1.04 bits per heavy atom. The number of carbonyl (C=O) groups is 2. The quantitative estimate of drug-likeness (QED) is 0.931. The van der Waals surface area contributed by atoms with Gasteiger partial charge in [-0.1, -0.05) is 6.07 Å². The van der Waals surface area contributed by atoms with Crippen molar-refractivity contribution in [2.75, 3.05) is 38.5 Å². The highest BCUT2D eigenvalue weighted by Crippen LogP contribution is 2.15. The molecule has 25 heavy (non-hydrogen) atoms. The summed E-state index contributed by atoms with van der Waals surface area (Å²) in [5, 5.41) is 2.82.